The second-order valence-corrected chi connectivity index (χ2v) is 4.70. The van der Waals surface area contributed by atoms with Gasteiger partial charge in [-0.2, -0.15) is 13.2 Å². The lowest BCUT2D eigenvalue weighted by Gasteiger charge is -2.26. The average Bonchev–Trinajstić information content (AvgIpc) is 2.19. The molecule has 1 aliphatic carbocycles. The van der Waals surface area contributed by atoms with Gasteiger partial charge in [0.05, 0.1) is 0 Å². The molecule has 0 unspecified atom stereocenters. The van der Waals surface area contributed by atoms with E-state index >= 15 is 0 Å². The van der Waals surface area contributed by atoms with Gasteiger partial charge < -0.3 is 11.1 Å². The van der Waals surface area contributed by atoms with E-state index in [4.69, 9.17) is 5.73 Å². The highest BCUT2D eigenvalue weighted by molar-refractivity contribution is 4.75. The Bertz CT molecular complexity index is 186. The summed E-state index contributed by atoms with van der Waals surface area (Å²) in [7, 11) is 0. The van der Waals surface area contributed by atoms with Crippen molar-refractivity contribution in [2.45, 2.75) is 50.7 Å². The minimum atomic E-state index is -4.01. The van der Waals surface area contributed by atoms with E-state index in [-0.39, 0.29) is 6.42 Å². The summed E-state index contributed by atoms with van der Waals surface area (Å²) in [5.41, 5.74) is 5.78. The van der Waals surface area contributed by atoms with Gasteiger partial charge in [-0.05, 0) is 51.1 Å². The number of halogens is 3. The lowest BCUT2D eigenvalue weighted by molar-refractivity contribution is -0.135. The Morgan fingerprint density at radius 3 is 2.31 bits per heavy atom. The number of alkyl halides is 3. The Kier molecular flexibility index (Phi) is 5.55. The molecule has 3 N–H and O–H groups in total. The molecule has 0 aromatic heterocycles. The molecule has 0 bridgehead atoms. The minimum absolute atomic E-state index is 0.176. The van der Waals surface area contributed by atoms with Crippen molar-refractivity contribution in [3.8, 4) is 0 Å². The SMILES string of the molecule is NC1CCC(CNCCCC(F)(F)F)CC1. The molecule has 0 spiro atoms. The van der Waals surface area contributed by atoms with Crippen molar-refractivity contribution in [1.82, 2.24) is 5.32 Å². The first-order valence-electron chi connectivity index (χ1n) is 6.00. The first-order valence-corrected chi connectivity index (χ1v) is 6.00. The number of rotatable bonds is 5. The zero-order valence-corrected chi connectivity index (χ0v) is 9.52. The van der Waals surface area contributed by atoms with Crippen LogP contribution in [-0.4, -0.2) is 25.3 Å². The van der Waals surface area contributed by atoms with Crippen molar-refractivity contribution in [2.24, 2.45) is 11.7 Å². The van der Waals surface area contributed by atoms with Crippen LogP contribution < -0.4 is 11.1 Å². The predicted molar refractivity (Wildman–Crippen MR) is 58.1 cm³/mol. The fraction of sp³-hybridized carbons (Fsp3) is 1.00. The van der Waals surface area contributed by atoms with Gasteiger partial charge in [-0.25, -0.2) is 0 Å². The van der Waals surface area contributed by atoms with Gasteiger partial charge in [-0.3, -0.25) is 0 Å². The van der Waals surface area contributed by atoms with Gasteiger partial charge in [0.2, 0.25) is 0 Å². The molecule has 5 heteroatoms. The fourth-order valence-electron chi connectivity index (χ4n) is 2.11. The van der Waals surface area contributed by atoms with Crippen molar-refractivity contribution in [3.63, 3.8) is 0 Å². The van der Waals surface area contributed by atoms with Gasteiger partial charge in [-0.1, -0.05) is 0 Å². The second-order valence-electron chi connectivity index (χ2n) is 4.70. The van der Waals surface area contributed by atoms with E-state index in [1.54, 1.807) is 0 Å². The van der Waals surface area contributed by atoms with E-state index in [9.17, 15) is 13.2 Å². The maximum absolute atomic E-state index is 11.8. The van der Waals surface area contributed by atoms with Crippen LogP contribution in [0.1, 0.15) is 38.5 Å². The van der Waals surface area contributed by atoms with E-state index in [0.29, 0.717) is 18.5 Å². The molecule has 2 nitrogen and oxygen atoms in total. The Balaban J connectivity index is 1.95. The molecule has 0 heterocycles. The first-order chi connectivity index (χ1) is 7.47. The van der Waals surface area contributed by atoms with Crippen LogP contribution in [-0.2, 0) is 0 Å². The van der Waals surface area contributed by atoms with Crippen LogP contribution in [0.3, 0.4) is 0 Å². The summed E-state index contributed by atoms with van der Waals surface area (Å²) >= 11 is 0. The molecule has 0 aliphatic heterocycles. The van der Waals surface area contributed by atoms with Gasteiger partial charge in [0.25, 0.3) is 0 Å². The highest BCUT2D eigenvalue weighted by Gasteiger charge is 2.25. The van der Waals surface area contributed by atoms with Gasteiger partial charge in [0.1, 0.15) is 0 Å². The zero-order valence-electron chi connectivity index (χ0n) is 9.52. The molecular formula is C11H21F3N2. The number of nitrogens with one attached hydrogen (secondary N) is 1. The molecule has 16 heavy (non-hydrogen) atoms. The highest BCUT2D eigenvalue weighted by Crippen LogP contribution is 2.23. The van der Waals surface area contributed by atoms with E-state index in [2.05, 4.69) is 5.32 Å². The molecule has 1 aliphatic rings. The predicted octanol–water partition coefficient (Wildman–Crippen LogP) is 2.44. The van der Waals surface area contributed by atoms with Crippen LogP contribution in [0.25, 0.3) is 0 Å². The van der Waals surface area contributed by atoms with Gasteiger partial charge >= 0.3 is 6.18 Å². The molecule has 0 radical (unpaired) electrons. The van der Waals surface area contributed by atoms with E-state index in [0.717, 1.165) is 32.2 Å². The summed E-state index contributed by atoms with van der Waals surface area (Å²) in [6.07, 6.45) is -0.213. The van der Waals surface area contributed by atoms with Crippen LogP contribution in [0.5, 0.6) is 0 Å². The Morgan fingerprint density at radius 1 is 1.12 bits per heavy atom. The largest absolute Gasteiger partial charge is 0.389 e. The van der Waals surface area contributed by atoms with Crippen LogP contribution in [0.15, 0.2) is 0 Å². The van der Waals surface area contributed by atoms with Crippen LogP contribution >= 0.6 is 0 Å². The minimum Gasteiger partial charge on any atom is -0.328 e. The molecule has 0 aromatic carbocycles. The number of hydrogen-bond donors (Lipinski definition) is 2. The standard InChI is InChI=1S/C11H21F3N2/c12-11(13,14)6-1-7-16-8-9-2-4-10(15)5-3-9/h9-10,16H,1-8,15H2. The summed E-state index contributed by atoms with van der Waals surface area (Å²) in [4.78, 5) is 0. The van der Waals surface area contributed by atoms with Gasteiger partial charge in [0.15, 0.2) is 0 Å². The quantitative estimate of drug-likeness (QED) is 0.722. The normalized spacial score (nSPS) is 27.0. The van der Waals surface area contributed by atoms with Crippen molar-refractivity contribution in [2.75, 3.05) is 13.1 Å². The third-order valence-corrected chi connectivity index (χ3v) is 3.14. The maximum atomic E-state index is 11.8. The Hall–Kier alpha value is -0.290. The van der Waals surface area contributed by atoms with Crippen molar-refractivity contribution in [1.29, 1.82) is 0 Å². The molecule has 96 valence electrons. The van der Waals surface area contributed by atoms with E-state index < -0.39 is 12.6 Å². The summed E-state index contributed by atoms with van der Waals surface area (Å²) in [5.74, 6) is 0.602. The van der Waals surface area contributed by atoms with E-state index in [1.807, 2.05) is 0 Å². The first kappa shape index (κ1) is 13.8. The molecule has 1 saturated carbocycles. The number of nitrogens with two attached hydrogens (primary N) is 1. The Labute approximate surface area is 94.8 Å². The molecule has 0 aromatic rings. The smallest absolute Gasteiger partial charge is 0.328 e. The summed E-state index contributed by atoms with van der Waals surface area (Å²) in [6, 6.07) is 0.335. The van der Waals surface area contributed by atoms with E-state index in [1.165, 1.54) is 0 Å². The molecule has 0 saturated heterocycles. The second kappa shape index (κ2) is 6.45. The average molecular weight is 238 g/mol. The van der Waals surface area contributed by atoms with Crippen LogP contribution in [0, 0.1) is 5.92 Å². The van der Waals surface area contributed by atoms with Crippen LogP contribution in [0.2, 0.25) is 0 Å². The summed E-state index contributed by atoms with van der Waals surface area (Å²) in [5, 5.41) is 3.10. The third-order valence-electron chi connectivity index (χ3n) is 3.14. The molecule has 0 atom stereocenters. The third kappa shape index (κ3) is 6.33. The van der Waals surface area contributed by atoms with Crippen molar-refractivity contribution in [3.05, 3.63) is 0 Å². The number of hydrogen-bond acceptors (Lipinski definition) is 2. The monoisotopic (exact) mass is 238 g/mol. The summed E-state index contributed by atoms with van der Waals surface area (Å²) < 4.78 is 35.5. The molecule has 0 amide bonds. The zero-order chi connectivity index (χ0) is 12.0. The van der Waals surface area contributed by atoms with Crippen molar-refractivity contribution >= 4 is 0 Å². The summed E-state index contributed by atoms with van der Waals surface area (Å²) in [6.45, 7) is 1.30. The fourth-order valence-corrected chi connectivity index (χ4v) is 2.11. The lowest BCUT2D eigenvalue weighted by atomic mass is 9.86. The lowest BCUT2D eigenvalue weighted by Crippen LogP contribution is -2.32. The van der Waals surface area contributed by atoms with Gasteiger partial charge in [0, 0.05) is 12.5 Å². The van der Waals surface area contributed by atoms with Crippen molar-refractivity contribution < 1.29 is 13.2 Å². The molecule has 1 fully saturated rings. The maximum Gasteiger partial charge on any atom is 0.389 e. The topological polar surface area (TPSA) is 38.0 Å². The van der Waals surface area contributed by atoms with Crippen LogP contribution in [0.4, 0.5) is 13.2 Å². The Morgan fingerprint density at radius 2 is 1.75 bits per heavy atom. The molecular weight excluding hydrogens is 217 g/mol. The highest BCUT2D eigenvalue weighted by atomic mass is 19.4. The molecule has 1 rings (SSSR count). The van der Waals surface area contributed by atoms with Gasteiger partial charge in [-0.15, -0.1) is 0 Å².